The second-order valence-electron chi connectivity index (χ2n) is 7.22. The van der Waals surface area contributed by atoms with Gasteiger partial charge in [0.2, 0.25) is 0 Å². The molecule has 0 bridgehead atoms. The highest BCUT2D eigenvalue weighted by atomic mass is 35.5. The fraction of sp³-hybridized carbons (Fsp3) is 0.611. The maximum absolute atomic E-state index is 12.3. The Kier molecular flexibility index (Phi) is 5.93. The molecule has 0 aliphatic carbocycles. The maximum Gasteiger partial charge on any atom is 0.410 e. The molecule has 1 aliphatic heterocycles. The van der Waals surface area contributed by atoms with Crippen LogP contribution in [0.15, 0.2) is 24.3 Å². The Morgan fingerprint density at radius 1 is 1.39 bits per heavy atom. The predicted molar refractivity (Wildman–Crippen MR) is 93.8 cm³/mol. The van der Waals surface area contributed by atoms with Gasteiger partial charge in [-0.3, -0.25) is 0 Å². The molecule has 1 fully saturated rings. The summed E-state index contributed by atoms with van der Waals surface area (Å²) >= 11 is 5.97. The summed E-state index contributed by atoms with van der Waals surface area (Å²) in [6.07, 6.45) is 1.83. The number of carbonyl (C=O) groups is 1. The maximum atomic E-state index is 12.3. The van der Waals surface area contributed by atoms with E-state index in [1.54, 1.807) is 0 Å². The molecule has 1 saturated heterocycles. The van der Waals surface area contributed by atoms with E-state index >= 15 is 0 Å². The quantitative estimate of drug-likeness (QED) is 0.905. The molecule has 1 aromatic rings. The molecular weight excluding hydrogens is 312 g/mol. The fourth-order valence-electron chi connectivity index (χ4n) is 3.14. The predicted octanol–water partition coefficient (Wildman–Crippen LogP) is 4.03. The lowest BCUT2D eigenvalue weighted by Crippen LogP contribution is -2.44. The third kappa shape index (κ3) is 5.11. The minimum Gasteiger partial charge on any atom is -0.444 e. The van der Waals surface area contributed by atoms with E-state index < -0.39 is 5.60 Å². The molecule has 0 saturated carbocycles. The summed E-state index contributed by atoms with van der Waals surface area (Å²) < 4.78 is 5.50. The lowest BCUT2D eigenvalue weighted by Gasteiger charge is -2.37. The van der Waals surface area contributed by atoms with E-state index in [-0.39, 0.29) is 12.0 Å². The van der Waals surface area contributed by atoms with Gasteiger partial charge in [-0.15, -0.1) is 0 Å². The molecule has 2 unspecified atom stereocenters. The van der Waals surface area contributed by atoms with Crippen molar-refractivity contribution in [2.75, 3.05) is 19.6 Å². The number of carbonyl (C=O) groups excluding carboxylic acids is 1. The highest BCUT2D eigenvalue weighted by molar-refractivity contribution is 6.30. The van der Waals surface area contributed by atoms with Crippen molar-refractivity contribution in [1.29, 1.82) is 0 Å². The van der Waals surface area contributed by atoms with Crippen LogP contribution in [-0.4, -0.2) is 36.2 Å². The first-order chi connectivity index (χ1) is 10.8. The standard InChI is InChI=1S/C18H27ClN2O2/c1-18(2,3)23-17(22)21-10-4-5-14(12-21)16(11-20)13-6-8-15(19)9-7-13/h6-9,14,16H,4-5,10-12,20H2,1-3H3. The molecule has 2 atom stereocenters. The summed E-state index contributed by atoms with van der Waals surface area (Å²) in [5.41, 5.74) is 6.75. The van der Waals surface area contributed by atoms with E-state index in [2.05, 4.69) is 0 Å². The van der Waals surface area contributed by atoms with Gasteiger partial charge in [0, 0.05) is 24.0 Å². The molecule has 2 N–H and O–H groups in total. The van der Waals surface area contributed by atoms with Gasteiger partial charge < -0.3 is 15.4 Å². The van der Waals surface area contributed by atoms with Crippen molar-refractivity contribution in [2.24, 2.45) is 11.7 Å². The van der Waals surface area contributed by atoms with Crippen molar-refractivity contribution in [1.82, 2.24) is 4.90 Å². The summed E-state index contributed by atoms with van der Waals surface area (Å²) in [7, 11) is 0. The van der Waals surface area contributed by atoms with Crippen molar-refractivity contribution in [3.63, 3.8) is 0 Å². The van der Waals surface area contributed by atoms with E-state index in [4.69, 9.17) is 22.1 Å². The summed E-state index contributed by atoms with van der Waals surface area (Å²) in [6, 6.07) is 7.86. The summed E-state index contributed by atoms with van der Waals surface area (Å²) in [4.78, 5) is 14.1. The zero-order valence-electron chi connectivity index (χ0n) is 14.2. The summed E-state index contributed by atoms with van der Waals surface area (Å²) in [5.74, 6) is 0.583. The van der Waals surface area contributed by atoms with Crippen LogP contribution in [0.4, 0.5) is 4.79 Å². The second kappa shape index (κ2) is 7.54. The van der Waals surface area contributed by atoms with Crippen molar-refractivity contribution >= 4 is 17.7 Å². The Balaban J connectivity index is 2.06. The number of rotatable bonds is 3. The molecule has 5 heteroatoms. The van der Waals surface area contributed by atoms with Crippen LogP contribution in [0.5, 0.6) is 0 Å². The van der Waals surface area contributed by atoms with E-state index in [0.717, 1.165) is 24.4 Å². The first-order valence-corrected chi connectivity index (χ1v) is 8.61. The van der Waals surface area contributed by atoms with Crippen molar-refractivity contribution in [3.8, 4) is 0 Å². The van der Waals surface area contributed by atoms with Gasteiger partial charge in [-0.05, 0) is 63.8 Å². The van der Waals surface area contributed by atoms with Crippen LogP contribution < -0.4 is 5.73 Å². The number of amides is 1. The van der Waals surface area contributed by atoms with Gasteiger partial charge in [-0.2, -0.15) is 0 Å². The van der Waals surface area contributed by atoms with Crippen molar-refractivity contribution in [3.05, 3.63) is 34.9 Å². The highest BCUT2D eigenvalue weighted by Gasteiger charge is 2.31. The van der Waals surface area contributed by atoms with Gasteiger partial charge in [0.05, 0.1) is 0 Å². The fourth-order valence-corrected chi connectivity index (χ4v) is 3.27. The Labute approximate surface area is 143 Å². The second-order valence-corrected chi connectivity index (χ2v) is 7.66. The largest absolute Gasteiger partial charge is 0.444 e. The lowest BCUT2D eigenvalue weighted by molar-refractivity contribution is 0.0152. The third-order valence-corrected chi connectivity index (χ3v) is 4.48. The number of hydrogen-bond acceptors (Lipinski definition) is 3. The molecule has 23 heavy (non-hydrogen) atoms. The number of nitrogens with zero attached hydrogens (tertiary/aromatic N) is 1. The zero-order valence-corrected chi connectivity index (χ0v) is 15.0. The van der Waals surface area contributed by atoms with E-state index in [9.17, 15) is 4.79 Å². The average Bonchev–Trinajstić information content (AvgIpc) is 2.48. The first-order valence-electron chi connectivity index (χ1n) is 8.23. The number of ether oxygens (including phenoxy) is 1. The molecule has 1 aliphatic rings. The van der Waals surface area contributed by atoms with Crippen LogP contribution in [0.2, 0.25) is 5.02 Å². The van der Waals surface area contributed by atoms with E-state index in [1.807, 2.05) is 49.9 Å². The molecule has 128 valence electrons. The number of piperidine rings is 1. The molecule has 4 nitrogen and oxygen atoms in total. The minimum atomic E-state index is -0.465. The minimum absolute atomic E-state index is 0.228. The molecule has 0 radical (unpaired) electrons. The summed E-state index contributed by atoms with van der Waals surface area (Å²) in [6.45, 7) is 7.69. The topological polar surface area (TPSA) is 55.6 Å². The van der Waals surface area contributed by atoms with Crippen molar-refractivity contribution < 1.29 is 9.53 Å². The molecule has 0 aromatic heterocycles. The SMILES string of the molecule is CC(C)(C)OC(=O)N1CCCC(C(CN)c2ccc(Cl)cc2)C1. The Bertz CT molecular complexity index is 525. The first kappa shape index (κ1) is 18.1. The van der Waals surface area contributed by atoms with Gasteiger partial charge in [0.25, 0.3) is 0 Å². The molecule has 0 spiro atoms. The van der Waals surface area contributed by atoms with E-state index in [1.165, 1.54) is 5.56 Å². The zero-order chi connectivity index (χ0) is 17.0. The van der Waals surface area contributed by atoms with Crippen LogP contribution in [0.25, 0.3) is 0 Å². The number of likely N-dealkylation sites (tertiary alicyclic amines) is 1. The van der Waals surface area contributed by atoms with Crippen molar-refractivity contribution in [2.45, 2.75) is 45.1 Å². The number of halogens is 1. The van der Waals surface area contributed by atoms with Crippen LogP contribution in [-0.2, 0) is 4.74 Å². The number of benzene rings is 1. The Hall–Kier alpha value is -1.26. The third-order valence-electron chi connectivity index (χ3n) is 4.23. The smallest absolute Gasteiger partial charge is 0.410 e. The molecule has 1 amide bonds. The van der Waals surface area contributed by atoms with Crippen LogP contribution >= 0.6 is 11.6 Å². The molecule has 1 aromatic carbocycles. The monoisotopic (exact) mass is 338 g/mol. The van der Waals surface area contributed by atoms with Gasteiger partial charge in [-0.25, -0.2) is 4.79 Å². The highest BCUT2D eigenvalue weighted by Crippen LogP contribution is 2.32. The van der Waals surface area contributed by atoms with Crippen LogP contribution in [0, 0.1) is 5.92 Å². The van der Waals surface area contributed by atoms with Gasteiger partial charge in [0.15, 0.2) is 0 Å². The Morgan fingerprint density at radius 3 is 2.61 bits per heavy atom. The lowest BCUT2D eigenvalue weighted by atomic mass is 9.81. The van der Waals surface area contributed by atoms with Crippen LogP contribution in [0.3, 0.4) is 0 Å². The van der Waals surface area contributed by atoms with Gasteiger partial charge in [-0.1, -0.05) is 23.7 Å². The average molecular weight is 339 g/mol. The van der Waals surface area contributed by atoms with E-state index in [0.29, 0.717) is 19.0 Å². The van der Waals surface area contributed by atoms with Gasteiger partial charge >= 0.3 is 6.09 Å². The molecule has 2 rings (SSSR count). The summed E-state index contributed by atoms with van der Waals surface area (Å²) in [5, 5.41) is 0.726. The number of hydrogen-bond donors (Lipinski definition) is 1. The van der Waals surface area contributed by atoms with Crippen LogP contribution in [0.1, 0.15) is 45.1 Å². The molecule has 1 heterocycles. The number of nitrogens with two attached hydrogens (primary N) is 1. The Morgan fingerprint density at radius 2 is 2.04 bits per heavy atom. The molecular formula is C18H27ClN2O2. The normalized spacial score (nSPS) is 20.2. The van der Waals surface area contributed by atoms with Gasteiger partial charge in [0.1, 0.15) is 5.60 Å².